The standard InChI is InChI=1S/C23H23N3O6/c27-21(15-3-4-17-18(12-15)32-14-31-17)19-20(16-2-1-5-24-13-16)26(23(29)22(19)28)7-6-25-8-10-30-11-9-25/h1-5,12-13,19-20H,6-11,14H2/p+1. The smallest absolute Gasteiger partial charge is 0.291 e. The Morgan fingerprint density at radius 2 is 1.94 bits per heavy atom. The first kappa shape index (κ1) is 20.6. The maximum Gasteiger partial charge on any atom is 0.291 e. The Hall–Kier alpha value is -3.30. The van der Waals surface area contributed by atoms with Gasteiger partial charge >= 0.3 is 0 Å². The number of carbonyl (C=O) groups excluding carboxylic acids is 3. The van der Waals surface area contributed by atoms with Crippen LogP contribution in [0.2, 0.25) is 0 Å². The topological polar surface area (TPSA) is 99.5 Å². The van der Waals surface area contributed by atoms with Crippen molar-refractivity contribution in [1.29, 1.82) is 0 Å². The molecule has 1 aromatic carbocycles. The summed E-state index contributed by atoms with van der Waals surface area (Å²) >= 11 is 0. The second kappa shape index (κ2) is 8.68. The van der Waals surface area contributed by atoms with E-state index in [1.807, 2.05) is 0 Å². The highest BCUT2D eigenvalue weighted by Gasteiger charge is 2.52. The number of fused-ring (bicyclic) bond motifs is 1. The number of ketones is 2. The predicted molar refractivity (Wildman–Crippen MR) is 110 cm³/mol. The number of quaternary nitrogens is 1. The maximum atomic E-state index is 13.5. The van der Waals surface area contributed by atoms with Crippen molar-refractivity contribution in [1.82, 2.24) is 9.88 Å². The number of carbonyl (C=O) groups is 3. The zero-order chi connectivity index (χ0) is 22.1. The number of morpholine rings is 1. The lowest BCUT2D eigenvalue weighted by atomic mass is 9.86. The molecule has 32 heavy (non-hydrogen) atoms. The van der Waals surface area contributed by atoms with Gasteiger partial charge < -0.3 is 24.0 Å². The predicted octanol–water partition coefficient (Wildman–Crippen LogP) is -0.323. The van der Waals surface area contributed by atoms with Crippen molar-refractivity contribution in [2.24, 2.45) is 5.92 Å². The highest BCUT2D eigenvalue weighted by molar-refractivity contribution is 6.44. The molecule has 5 rings (SSSR count). The molecule has 0 bridgehead atoms. The van der Waals surface area contributed by atoms with Crippen molar-refractivity contribution >= 4 is 17.5 Å². The van der Waals surface area contributed by atoms with Gasteiger partial charge in [-0.25, -0.2) is 0 Å². The van der Waals surface area contributed by atoms with Gasteiger partial charge in [-0.15, -0.1) is 0 Å². The lowest BCUT2D eigenvalue weighted by molar-refractivity contribution is -0.907. The Labute approximate surface area is 184 Å². The van der Waals surface area contributed by atoms with E-state index in [2.05, 4.69) is 4.98 Å². The minimum atomic E-state index is -1.13. The third-order valence-electron chi connectivity index (χ3n) is 6.28. The van der Waals surface area contributed by atoms with Crippen molar-refractivity contribution in [3.8, 4) is 11.5 Å². The fourth-order valence-electron chi connectivity index (χ4n) is 4.57. The second-order valence-electron chi connectivity index (χ2n) is 8.12. The third-order valence-corrected chi connectivity index (χ3v) is 6.28. The second-order valence-corrected chi connectivity index (χ2v) is 8.12. The maximum absolute atomic E-state index is 13.5. The number of pyridine rings is 1. The van der Waals surface area contributed by atoms with E-state index < -0.39 is 29.4 Å². The number of nitrogens with zero attached hydrogens (tertiary/aromatic N) is 2. The molecule has 0 aliphatic carbocycles. The van der Waals surface area contributed by atoms with Crippen molar-refractivity contribution in [3.05, 3.63) is 53.9 Å². The fourth-order valence-corrected chi connectivity index (χ4v) is 4.57. The van der Waals surface area contributed by atoms with Gasteiger partial charge in [-0.05, 0) is 29.8 Å². The number of aromatic nitrogens is 1. The van der Waals surface area contributed by atoms with Crippen molar-refractivity contribution in [3.63, 3.8) is 0 Å². The van der Waals surface area contributed by atoms with Gasteiger partial charge in [-0.3, -0.25) is 19.4 Å². The zero-order valence-corrected chi connectivity index (χ0v) is 17.5. The van der Waals surface area contributed by atoms with Gasteiger partial charge in [0.25, 0.3) is 5.91 Å². The highest BCUT2D eigenvalue weighted by Crippen LogP contribution is 2.39. The van der Waals surface area contributed by atoms with Gasteiger partial charge in [-0.1, -0.05) is 6.07 Å². The number of likely N-dealkylation sites (tertiary alicyclic amines) is 1. The first-order chi connectivity index (χ1) is 15.6. The molecule has 166 valence electrons. The molecule has 1 aromatic heterocycles. The molecular weight excluding hydrogens is 414 g/mol. The average Bonchev–Trinajstić information content (AvgIpc) is 3.40. The number of hydrogen-bond acceptors (Lipinski definition) is 7. The Morgan fingerprint density at radius 3 is 2.72 bits per heavy atom. The minimum Gasteiger partial charge on any atom is -0.454 e. The number of ether oxygens (including phenoxy) is 3. The molecule has 0 saturated carbocycles. The normalized spacial score (nSPS) is 23.1. The number of nitrogens with one attached hydrogen (secondary N) is 1. The van der Waals surface area contributed by atoms with Gasteiger partial charge in [0.1, 0.15) is 19.0 Å². The largest absolute Gasteiger partial charge is 0.454 e. The SMILES string of the molecule is O=C1C(=O)N(CC[NH+]2CCOCC2)C(c2cccnc2)C1C(=O)c1ccc2c(c1)OCO2. The van der Waals surface area contributed by atoms with Crippen LogP contribution in [0, 0.1) is 5.92 Å². The quantitative estimate of drug-likeness (QED) is 0.375. The molecule has 1 N–H and O–H groups in total. The van der Waals surface area contributed by atoms with Crippen LogP contribution in [-0.2, 0) is 14.3 Å². The van der Waals surface area contributed by atoms with E-state index in [4.69, 9.17) is 14.2 Å². The van der Waals surface area contributed by atoms with Crippen LogP contribution in [-0.4, -0.2) is 73.5 Å². The van der Waals surface area contributed by atoms with E-state index >= 15 is 0 Å². The summed E-state index contributed by atoms with van der Waals surface area (Å²) < 4.78 is 16.1. The molecular formula is C23H24N3O6+. The molecule has 1 amide bonds. The Bertz CT molecular complexity index is 1040. The summed E-state index contributed by atoms with van der Waals surface area (Å²) in [5, 5.41) is 0. The summed E-state index contributed by atoms with van der Waals surface area (Å²) in [6, 6.07) is 7.68. The summed E-state index contributed by atoms with van der Waals surface area (Å²) in [4.78, 5) is 46.6. The number of amides is 1. The fraction of sp³-hybridized carbons (Fsp3) is 0.391. The molecule has 2 unspecified atom stereocenters. The lowest BCUT2D eigenvalue weighted by Gasteiger charge is -2.30. The van der Waals surface area contributed by atoms with Gasteiger partial charge in [0.2, 0.25) is 12.6 Å². The van der Waals surface area contributed by atoms with Gasteiger partial charge in [0.15, 0.2) is 17.3 Å². The van der Waals surface area contributed by atoms with Gasteiger partial charge in [0.05, 0.1) is 32.3 Å². The van der Waals surface area contributed by atoms with E-state index in [9.17, 15) is 14.4 Å². The molecule has 3 aliphatic rings. The van der Waals surface area contributed by atoms with E-state index in [0.29, 0.717) is 48.9 Å². The first-order valence-electron chi connectivity index (χ1n) is 10.7. The van der Waals surface area contributed by atoms with Crippen LogP contribution in [0.15, 0.2) is 42.7 Å². The van der Waals surface area contributed by atoms with Crippen molar-refractivity contribution in [2.45, 2.75) is 6.04 Å². The number of hydrogen-bond donors (Lipinski definition) is 1. The number of benzene rings is 1. The Kier molecular flexibility index (Phi) is 5.59. The molecule has 9 heteroatoms. The average molecular weight is 438 g/mol. The molecule has 2 atom stereocenters. The zero-order valence-electron chi connectivity index (χ0n) is 17.5. The minimum absolute atomic E-state index is 0.0871. The van der Waals surface area contributed by atoms with Crippen molar-refractivity contribution in [2.75, 3.05) is 46.2 Å². The summed E-state index contributed by atoms with van der Waals surface area (Å²) in [5.41, 5.74) is 0.984. The first-order valence-corrected chi connectivity index (χ1v) is 10.7. The van der Waals surface area contributed by atoms with Crippen molar-refractivity contribution < 1.29 is 33.5 Å². The molecule has 3 aliphatic heterocycles. The highest BCUT2D eigenvalue weighted by atomic mass is 16.7. The third kappa shape index (κ3) is 3.74. The van der Waals surface area contributed by atoms with E-state index in [0.717, 1.165) is 13.1 Å². The van der Waals surface area contributed by atoms with Crippen LogP contribution in [0.5, 0.6) is 11.5 Å². The molecule has 4 heterocycles. The van der Waals surface area contributed by atoms with Crippen LogP contribution in [0.1, 0.15) is 22.0 Å². The Morgan fingerprint density at radius 1 is 1.12 bits per heavy atom. The van der Waals surface area contributed by atoms with Crippen LogP contribution < -0.4 is 14.4 Å². The van der Waals surface area contributed by atoms with Gasteiger partial charge in [0, 0.05) is 18.0 Å². The molecule has 2 aromatic rings. The van der Waals surface area contributed by atoms with E-state index in [1.54, 1.807) is 42.7 Å². The summed E-state index contributed by atoms with van der Waals surface area (Å²) in [6.45, 7) is 4.22. The molecule has 2 saturated heterocycles. The molecule has 0 spiro atoms. The van der Waals surface area contributed by atoms with Crippen LogP contribution in [0.3, 0.4) is 0 Å². The molecule has 9 nitrogen and oxygen atoms in total. The molecule has 0 radical (unpaired) electrons. The monoisotopic (exact) mass is 438 g/mol. The van der Waals surface area contributed by atoms with Crippen LogP contribution in [0.4, 0.5) is 0 Å². The van der Waals surface area contributed by atoms with Crippen LogP contribution in [0.25, 0.3) is 0 Å². The summed E-state index contributed by atoms with van der Waals surface area (Å²) in [6.07, 6.45) is 3.24. The Balaban J connectivity index is 1.45. The number of Topliss-reactive ketones (excluding diaryl/α,β-unsaturated/α-hetero) is 2. The molecule has 2 fully saturated rings. The van der Waals surface area contributed by atoms with E-state index in [1.165, 1.54) is 9.80 Å². The lowest BCUT2D eigenvalue weighted by Crippen LogP contribution is -3.14. The summed E-state index contributed by atoms with van der Waals surface area (Å²) in [5.74, 6) is -1.83. The van der Waals surface area contributed by atoms with E-state index in [-0.39, 0.29) is 6.79 Å². The summed E-state index contributed by atoms with van der Waals surface area (Å²) in [7, 11) is 0. The number of rotatable bonds is 6. The van der Waals surface area contributed by atoms with Gasteiger partial charge in [-0.2, -0.15) is 0 Å². The van der Waals surface area contributed by atoms with Crippen LogP contribution >= 0.6 is 0 Å².